The normalized spacial score (nSPS) is 20.4. The maximum Gasteiger partial charge on any atom is -0.147 e. The van der Waals surface area contributed by atoms with Crippen LogP contribution in [-0.4, -0.2) is 8.51 Å². The number of rotatable bonds is 2. The third-order valence-corrected chi connectivity index (χ3v) is 13.0. The molecule has 0 N–H and O–H groups in total. The molecule has 0 saturated carbocycles. The van der Waals surface area contributed by atoms with Crippen molar-refractivity contribution < 1.29 is 22.4 Å². The van der Waals surface area contributed by atoms with Gasteiger partial charge in [-0.3, -0.25) is 0 Å². The summed E-state index contributed by atoms with van der Waals surface area (Å²) in [6.45, 7) is 11.5. The molecule has 3 aliphatic rings. The van der Waals surface area contributed by atoms with E-state index in [0.29, 0.717) is 5.25 Å². The van der Waals surface area contributed by atoms with Gasteiger partial charge in [0, 0.05) is 0 Å². The number of hydrogen-bond donors (Lipinski definition) is 0. The summed E-state index contributed by atoms with van der Waals surface area (Å²) in [7, 11) is 0. The van der Waals surface area contributed by atoms with Gasteiger partial charge in [-0.05, 0) is 0 Å². The molecule has 0 aromatic carbocycles. The van der Waals surface area contributed by atoms with Crippen LogP contribution >= 0.6 is 47.9 Å². The summed E-state index contributed by atoms with van der Waals surface area (Å²) in [5, 5.41) is 2.22. The first kappa shape index (κ1) is 21.6. The zero-order chi connectivity index (χ0) is 16.3. The van der Waals surface area contributed by atoms with Crippen LogP contribution in [0.25, 0.3) is 8.90 Å². The van der Waals surface area contributed by atoms with E-state index in [9.17, 15) is 0 Å². The molecule has 2 aliphatic carbocycles. The molecule has 2 heterocycles. The second-order valence-corrected chi connectivity index (χ2v) is 15.8. The molecule has 1 aromatic heterocycles. The SMILES string of the molecule is CC1=CCC(C2=C(C)SC3C2=c2cc(C)sc2=[C]3[Hf]=[C](C)C)=C1.Cl.Cl. The summed E-state index contributed by atoms with van der Waals surface area (Å²) in [6, 6.07) is 2.46. The van der Waals surface area contributed by atoms with E-state index >= 15 is 0 Å². The van der Waals surface area contributed by atoms with Crippen molar-refractivity contribution in [3.05, 3.63) is 54.5 Å². The predicted molar refractivity (Wildman–Crippen MR) is 117 cm³/mol. The predicted octanol–water partition coefficient (Wildman–Crippen LogP) is 5.13. The molecule has 1 atom stereocenters. The van der Waals surface area contributed by atoms with E-state index in [1.165, 1.54) is 10.5 Å². The molecule has 0 spiro atoms. The number of aryl methyl sites for hydroxylation is 1. The average Bonchev–Trinajstić information content (AvgIpc) is 3.16. The summed E-state index contributed by atoms with van der Waals surface area (Å²) in [5.74, 6) is 0. The molecule has 0 saturated heterocycles. The molecule has 1 aliphatic heterocycles. The van der Waals surface area contributed by atoms with Crippen molar-refractivity contribution in [1.82, 2.24) is 0 Å². The largest absolute Gasteiger partial charge is 0.147 e. The number of thiophene rings is 1. The van der Waals surface area contributed by atoms with Crippen LogP contribution in [0, 0.1) is 6.92 Å². The monoisotopic (exact) mass is 577 g/mol. The summed E-state index contributed by atoms with van der Waals surface area (Å²) < 4.78 is 5.20. The van der Waals surface area contributed by atoms with Crippen LogP contribution in [0.4, 0.5) is 0 Å². The summed E-state index contributed by atoms with van der Waals surface area (Å²) in [5.41, 5.74) is 6.21. The molecule has 0 radical (unpaired) electrons. The number of thioether (sulfide) groups is 1. The molecule has 1 aromatic rings. The fraction of sp³-hybridized carbons (Fsp3) is 0.350. The minimum atomic E-state index is -0.818. The van der Waals surface area contributed by atoms with Gasteiger partial charge in [-0.2, -0.15) is 0 Å². The van der Waals surface area contributed by atoms with Crippen LogP contribution in [0.5, 0.6) is 0 Å². The van der Waals surface area contributed by atoms with Crippen molar-refractivity contribution in [2.75, 3.05) is 0 Å². The van der Waals surface area contributed by atoms with Gasteiger partial charge in [0.15, 0.2) is 0 Å². The van der Waals surface area contributed by atoms with E-state index in [1.54, 1.807) is 34.6 Å². The van der Waals surface area contributed by atoms with Gasteiger partial charge in [-0.25, -0.2) is 0 Å². The molecular weight excluding hydrogens is 554 g/mol. The molecule has 0 amide bonds. The standard InChI is InChI=1S/C17H15S2.C3H6.2ClH.Hf/c1-9-4-5-12(6-9)16-11(3)19-15-8-14-13(17(15)16)7-10(2)18-14;1-3-2;;;/h4,6-7,15H,5H2,1-3H3;1-2H3;2*1H;. The molecule has 0 nitrogen and oxygen atoms in total. The minimum absolute atomic E-state index is 0. The number of hydrogen-bond acceptors (Lipinski definition) is 2. The summed E-state index contributed by atoms with van der Waals surface area (Å²) >= 11 is 3.35. The molecule has 25 heavy (non-hydrogen) atoms. The smallest absolute Gasteiger partial charge is 0.147 e. The Morgan fingerprint density at radius 3 is 2.48 bits per heavy atom. The third-order valence-electron chi connectivity index (χ3n) is 4.58. The van der Waals surface area contributed by atoms with Crippen molar-refractivity contribution in [3.8, 4) is 0 Å². The van der Waals surface area contributed by atoms with Gasteiger partial charge < -0.3 is 0 Å². The fourth-order valence-corrected chi connectivity index (χ4v) is 12.0. The van der Waals surface area contributed by atoms with Gasteiger partial charge in [-0.1, -0.05) is 0 Å². The molecule has 133 valence electrons. The molecule has 0 fully saturated rings. The van der Waals surface area contributed by atoms with Gasteiger partial charge in [-0.15, -0.1) is 24.8 Å². The Hall–Kier alpha value is 0.330. The molecule has 1 unspecified atom stereocenters. The zero-order valence-electron chi connectivity index (χ0n) is 15.1. The molecular formula is C20H23Cl2HfS2. The van der Waals surface area contributed by atoms with Crippen LogP contribution in [0.1, 0.15) is 39.0 Å². The second-order valence-electron chi connectivity index (χ2n) is 6.80. The number of halogens is 2. The van der Waals surface area contributed by atoms with Gasteiger partial charge >= 0.3 is 158 Å². The van der Waals surface area contributed by atoms with E-state index < -0.39 is 22.4 Å². The van der Waals surface area contributed by atoms with Crippen molar-refractivity contribution in [1.29, 1.82) is 0 Å². The Kier molecular flexibility index (Phi) is 7.04. The van der Waals surface area contributed by atoms with Gasteiger partial charge in [0.2, 0.25) is 0 Å². The van der Waals surface area contributed by atoms with Crippen LogP contribution in [-0.2, 0) is 22.4 Å². The van der Waals surface area contributed by atoms with Crippen molar-refractivity contribution in [2.24, 2.45) is 0 Å². The average molecular weight is 577 g/mol. The summed E-state index contributed by atoms with van der Waals surface area (Å²) in [4.78, 5) is 3.02. The molecule has 4 rings (SSSR count). The van der Waals surface area contributed by atoms with Crippen LogP contribution in [0.3, 0.4) is 0 Å². The first-order valence-electron chi connectivity index (χ1n) is 8.13. The number of fused-ring (bicyclic) bond motifs is 2. The van der Waals surface area contributed by atoms with Crippen molar-refractivity contribution in [2.45, 2.75) is 46.3 Å². The second kappa shape index (κ2) is 8.14. The van der Waals surface area contributed by atoms with E-state index in [4.69, 9.17) is 0 Å². The molecule has 0 bridgehead atoms. The van der Waals surface area contributed by atoms with Crippen LogP contribution in [0.2, 0.25) is 0 Å². The van der Waals surface area contributed by atoms with Crippen LogP contribution < -0.4 is 9.75 Å². The zero-order valence-corrected chi connectivity index (χ0v) is 22.0. The van der Waals surface area contributed by atoms with Gasteiger partial charge in [0.25, 0.3) is 0 Å². The first-order valence-corrected chi connectivity index (χ1v) is 13.4. The van der Waals surface area contributed by atoms with E-state index in [1.807, 2.05) is 14.7 Å². The quantitative estimate of drug-likeness (QED) is 0.440. The van der Waals surface area contributed by atoms with Gasteiger partial charge in [0.05, 0.1) is 0 Å². The maximum atomic E-state index is 2.46. The first-order chi connectivity index (χ1) is 11.0. The topological polar surface area (TPSA) is 0 Å². The number of allylic oxidation sites excluding steroid dienone is 6. The Morgan fingerprint density at radius 2 is 1.88 bits per heavy atom. The maximum absolute atomic E-state index is 2.46. The fourth-order valence-electron chi connectivity index (χ4n) is 3.76. The van der Waals surface area contributed by atoms with Crippen LogP contribution in [0.15, 0.2) is 39.8 Å². The summed E-state index contributed by atoms with van der Waals surface area (Å²) in [6.07, 6.45) is 5.89. The van der Waals surface area contributed by atoms with E-state index in [-0.39, 0.29) is 24.8 Å². The van der Waals surface area contributed by atoms with E-state index in [0.717, 1.165) is 6.42 Å². The minimum Gasteiger partial charge on any atom is -0.147 e. The Bertz CT molecular complexity index is 970. The van der Waals surface area contributed by atoms with Crippen molar-refractivity contribution in [3.63, 3.8) is 0 Å². The third kappa shape index (κ3) is 3.69. The Labute approximate surface area is 181 Å². The Balaban J connectivity index is 0.00000113. The van der Waals surface area contributed by atoms with E-state index in [2.05, 4.69) is 64.6 Å². The van der Waals surface area contributed by atoms with Crippen molar-refractivity contribution >= 4 is 60.1 Å². The Morgan fingerprint density at radius 1 is 1.16 bits per heavy atom. The van der Waals surface area contributed by atoms with Gasteiger partial charge in [0.1, 0.15) is 0 Å². The molecule has 5 heteroatoms.